The summed E-state index contributed by atoms with van der Waals surface area (Å²) in [6.07, 6.45) is 3.96. The molecule has 0 radical (unpaired) electrons. The first kappa shape index (κ1) is 9.68. The SMILES string of the molecule is Clc1ccccc1C1(C2CCNC2)CC1. The van der Waals surface area contributed by atoms with Crippen LogP contribution in [-0.2, 0) is 5.41 Å². The maximum atomic E-state index is 6.31. The van der Waals surface area contributed by atoms with E-state index in [-0.39, 0.29) is 0 Å². The Morgan fingerprint density at radius 2 is 2.07 bits per heavy atom. The predicted octanol–water partition coefficient (Wildman–Crippen LogP) is 2.98. The zero-order chi connectivity index (χ0) is 10.3. The van der Waals surface area contributed by atoms with Crippen LogP contribution in [0.15, 0.2) is 24.3 Å². The molecule has 0 amide bonds. The van der Waals surface area contributed by atoms with Gasteiger partial charge in [0, 0.05) is 10.4 Å². The summed E-state index contributed by atoms with van der Waals surface area (Å²) < 4.78 is 0. The summed E-state index contributed by atoms with van der Waals surface area (Å²) >= 11 is 6.31. The maximum absolute atomic E-state index is 6.31. The zero-order valence-corrected chi connectivity index (χ0v) is 9.56. The molecule has 1 nitrogen and oxygen atoms in total. The van der Waals surface area contributed by atoms with Gasteiger partial charge < -0.3 is 5.32 Å². The van der Waals surface area contributed by atoms with Crippen molar-refractivity contribution in [1.29, 1.82) is 0 Å². The lowest BCUT2D eigenvalue weighted by Crippen LogP contribution is -2.23. The van der Waals surface area contributed by atoms with E-state index in [9.17, 15) is 0 Å². The minimum atomic E-state index is 0.418. The Morgan fingerprint density at radius 3 is 2.67 bits per heavy atom. The summed E-state index contributed by atoms with van der Waals surface area (Å²) in [6.45, 7) is 2.35. The van der Waals surface area contributed by atoms with E-state index in [4.69, 9.17) is 11.6 Å². The quantitative estimate of drug-likeness (QED) is 0.810. The highest BCUT2D eigenvalue weighted by atomic mass is 35.5. The molecule has 1 aromatic carbocycles. The lowest BCUT2D eigenvalue weighted by Gasteiger charge is -2.23. The number of benzene rings is 1. The van der Waals surface area contributed by atoms with E-state index in [1.807, 2.05) is 12.1 Å². The summed E-state index contributed by atoms with van der Waals surface area (Å²) in [4.78, 5) is 0. The van der Waals surface area contributed by atoms with Crippen LogP contribution < -0.4 is 5.32 Å². The van der Waals surface area contributed by atoms with Gasteiger partial charge in [-0.2, -0.15) is 0 Å². The van der Waals surface area contributed by atoms with Crippen molar-refractivity contribution in [2.75, 3.05) is 13.1 Å². The van der Waals surface area contributed by atoms with Crippen LogP contribution in [0.3, 0.4) is 0 Å². The fraction of sp³-hybridized carbons (Fsp3) is 0.538. The average Bonchev–Trinajstić information content (AvgIpc) is 2.87. The topological polar surface area (TPSA) is 12.0 Å². The second-order valence-corrected chi connectivity index (χ2v) is 5.23. The van der Waals surface area contributed by atoms with E-state index >= 15 is 0 Å². The van der Waals surface area contributed by atoms with Crippen molar-refractivity contribution in [3.05, 3.63) is 34.9 Å². The number of hydrogen-bond donors (Lipinski definition) is 1. The molecule has 0 spiro atoms. The Kier molecular flexibility index (Phi) is 2.26. The minimum absolute atomic E-state index is 0.418. The van der Waals surface area contributed by atoms with Crippen molar-refractivity contribution in [3.8, 4) is 0 Å². The van der Waals surface area contributed by atoms with Gasteiger partial charge in [-0.3, -0.25) is 0 Å². The third-order valence-corrected chi connectivity index (χ3v) is 4.37. The van der Waals surface area contributed by atoms with Crippen LogP contribution in [0, 0.1) is 5.92 Å². The van der Waals surface area contributed by atoms with Gasteiger partial charge >= 0.3 is 0 Å². The lowest BCUT2D eigenvalue weighted by molar-refractivity contribution is 0.440. The van der Waals surface area contributed by atoms with Gasteiger partial charge in [-0.25, -0.2) is 0 Å². The fourth-order valence-corrected chi connectivity index (χ4v) is 3.35. The second kappa shape index (κ2) is 3.50. The van der Waals surface area contributed by atoms with Gasteiger partial charge in [-0.05, 0) is 49.9 Å². The second-order valence-electron chi connectivity index (χ2n) is 4.83. The normalized spacial score (nSPS) is 27.9. The van der Waals surface area contributed by atoms with Crippen molar-refractivity contribution >= 4 is 11.6 Å². The van der Waals surface area contributed by atoms with Gasteiger partial charge in [0.15, 0.2) is 0 Å². The third-order valence-electron chi connectivity index (χ3n) is 4.04. The number of halogens is 1. The van der Waals surface area contributed by atoms with E-state index < -0.39 is 0 Å². The first-order valence-electron chi connectivity index (χ1n) is 5.79. The van der Waals surface area contributed by atoms with Crippen molar-refractivity contribution in [2.45, 2.75) is 24.7 Å². The van der Waals surface area contributed by atoms with Crippen LogP contribution in [0.1, 0.15) is 24.8 Å². The van der Waals surface area contributed by atoms with Crippen LogP contribution in [-0.4, -0.2) is 13.1 Å². The van der Waals surface area contributed by atoms with Crippen molar-refractivity contribution in [3.63, 3.8) is 0 Å². The molecule has 2 heteroatoms. The third kappa shape index (κ3) is 1.49. The highest BCUT2D eigenvalue weighted by molar-refractivity contribution is 6.31. The Bertz CT molecular complexity index is 365. The molecule has 1 heterocycles. The Morgan fingerprint density at radius 1 is 1.27 bits per heavy atom. The molecule has 1 N–H and O–H groups in total. The van der Waals surface area contributed by atoms with Gasteiger partial charge in [0.05, 0.1) is 0 Å². The molecular formula is C13H16ClN. The van der Waals surface area contributed by atoms with Crippen molar-refractivity contribution < 1.29 is 0 Å². The molecule has 1 saturated carbocycles. The van der Waals surface area contributed by atoms with E-state index in [0.29, 0.717) is 5.41 Å². The molecule has 3 rings (SSSR count). The summed E-state index contributed by atoms with van der Waals surface area (Å²) in [5, 5.41) is 4.42. The van der Waals surface area contributed by atoms with Gasteiger partial charge in [0.2, 0.25) is 0 Å². The number of hydrogen-bond acceptors (Lipinski definition) is 1. The minimum Gasteiger partial charge on any atom is -0.316 e. The zero-order valence-electron chi connectivity index (χ0n) is 8.80. The van der Waals surface area contributed by atoms with Crippen LogP contribution in [0.5, 0.6) is 0 Å². The monoisotopic (exact) mass is 221 g/mol. The van der Waals surface area contributed by atoms with Crippen LogP contribution in [0.4, 0.5) is 0 Å². The van der Waals surface area contributed by atoms with Gasteiger partial charge in [0.25, 0.3) is 0 Å². The molecule has 80 valence electrons. The molecule has 2 fully saturated rings. The van der Waals surface area contributed by atoms with Crippen LogP contribution >= 0.6 is 11.6 Å². The summed E-state index contributed by atoms with van der Waals surface area (Å²) in [7, 11) is 0. The predicted molar refractivity (Wildman–Crippen MR) is 63.3 cm³/mol. The summed E-state index contributed by atoms with van der Waals surface area (Å²) in [5.74, 6) is 0.803. The van der Waals surface area contributed by atoms with Crippen LogP contribution in [0.2, 0.25) is 5.02 Å². The van der Waals surface area contributed by atoms with E-state index in [2.05, 4.69) is 17.4 Å². The van der Waals surface area contributed by atoms with Crippen LogP contribution in [0.25, 0.3) is 0 Å². The first-order valence-corrected chi connectivity index (χ1v) is 6.16. The molecule has 15 heavy (non-hydrogen) atoms. The van der Waals surface area contributed by atoms with E-state index in [0.717, 1.165) is 10.9 Å². The molecule has 1 saturated heterocycles. The Labute approximate surface area is 95.8 Å². The standard InChI is InChI=1S/C13H16ClN/c14-12-4-2-1-3-11(12)13(6-7-13)10-5-8-15-9-10/h1-4,10,15H,5-9H2. The average molecular weight is 222 g/mol. The Balaban J connectivity index is 1.95. The van der Waals surface area contributed by atoms with Crippen molar-refractivity contribution in [2.24, 2.45) is 5.92 Å². The van der Waals surface area contributed by atoms with E-state index in [1.165, 1.54) is 37.9 Å². The van der Waals surface area contributed by atoms with E-state index in [1.54, 1.807) is 0 Å². The largest absolute Gasteiger partial charge is 0.316 e. The molecule has 1 aliphatic heterocycles. The molecule has 1 aliphatic carbocycles. The Hall–Kier alpha value is -0.530. The number of nitrogens with one attached hydrogen (secondary N) is 1. The summed E-state index contributed by atoms with van der Waals surface area (Å²) in [6, 6.07) is 8.38. The number of rotatable bonds is 2. The molecule has 2 aliphatic rings. The molecule has 1 unspecified atom stereocenters. The van der Waals surface area contributed by atoms with Gasteiger partial charge in [-0.1, -0.05) is 29.8 Å². The fourth-order valence-electron chi connectivity index (χ4n) is 3.02. The smallest absolute Gasteiger partial charge is 0.0443 e. The van der Waals surface area contributed by atoms with Gasteiger partial charge in [-0.15, -0.1) is 0 Å². The lowest BCUT2D eigenvalue weighted by atomic mass is 9.82. The highest BCUT2D eigenvalue weighted by Crippen LogP contribution is 2.57. The molecule has 1 atom stereocenters. The van der Waals surface area contributed by atoms with Crippen molar-refractivity contribution in [1.82, 2.24) is 5.32 Å². The first-order chi connectivity index (χ1) is 7.33. The molecule has 0 aromatic heterocycles. The highest BCUT2D eigenvalue weighted by Gasteiger charge is 2.51. The van der Waals surface area contributed by atoms with Gasteiger partial charge in [0.1, 0.15) is 0 Å². The summed E-state index contributed by atoms with van der Waals surface area (Å²) in [5.41, 5.74) is 1.81. The molecule has 1 aromatic rings. The molecule has 0 bridgehead atoms. The molecular weight excluding hydrogens is 206 g/mol. The maximum Gasteiger partial charge on any atom is 0.0443 e.